The van der Waals surface area contributed by atoms with E-state index in [0.29, 0.717) is 12.3 Å². The third kappa shape index (κ3) is 2.70. The van der Waals surface area contributed by atoms with Crippen molar-refractivity contribution in [2.45, 2.75) is 6.61 Å². The van der Waals surface area contributed by atoms with E-state index in [2.05, 4.69) is 20.3 Å². The van der Waals surface area contributed by atoms with Gasteiger partial charge in [-0.2, -0.15) is 4.37 Å². The number of nitrogens with zero attached hydrogens (tertiary/aromatic N) is 1. The molecule has 1 heterocycles. The normalized spacial score (nSPS) is 10.2. The van der Waals surface area contributed by atoms with Gasteiger partial charge in [0.1, 0.15) is 12.4 Å². The summed E-state index contributed by atoms with van der Waals surface area (Å²) in [7, 11) is 0. The second-order valence-corrected chi connectivity index (χ2v) is 4.75. The summed E-state index contributed by atoms with van der Waals surface area (Å²) in [5.74, 6) is 0.825. The first-order valence-electron chi connectivity index (χ1n) is 4.33. The molecule has 0 radical (unpaired) electrons. The van der Waals surface area contributed by atoms with Crippen molar-refractivity contribution in [2.24, 2.45) is 0 Å². The van der Waals surface area contributed by atoms with E-state index in [9.17, 15) is 0 Å². The fourth-order valence-corrected chi connectivity index (χ4v) is 1.89. The minimum atomic E-state index is 0.470. The summed E-state index contributed by atoms with van der Waals surface area (Å²) >= 11 is 4.73. The van der Waals surface area contributed by atoms with Gasteiger partial charge in [0, 0.05) is 4.47 Å². The standard InChI is InChI=1S/C10H9BrN2OS/c11-7-1-3-8(4-2-7)14-6-10-9(12)5-13-15-10/h1-5H,6,12H2. The predicted octanol–water partition coefficient (Wildman–Crippen LogP) is 3.07. The molecular weight excluding hydrogens is 276 g/mol. The number of ether oxygens (including phenoxy) is 1. The molecule has 3 nitrogen and oxygen atoms in total. The van der Waals surface area contributed by atoms with Crippen molar-refractivity contribution >= 4 is 33.1 Å². The molecule has 0 saturated carbocycles. The minimum Gasteiger partial charge on any atom is -0.488 e. The lowest BCUT2D eigenvalue weighted by atomic mass is 10.3. The molecule has 0 atom stereocenters. The summed E-state index contributed by atoms with van der Waals surface area (Å²) in [6.07, 6.45) is 1.64. The van der Waals surface area contributed by atoms with Crippen LogP contribution in [0, 0.1) is 0 Å². The monoisotopic (exact) mass is 284 g/mol. The predicted molar refractivity (Wildman–Crippen MR) is 65.0 cm³/mol. The van der Waals surface area contributed by atoms with Gasteiger partial charge in [0.05, 0.1) is 16.8 Å². The quantitative estimate of drug-likeness (QED) is 0.942. The Bertz CT molecular complexity index is 441. The van der Waals surface area contributed by atoms with Crippen molar-refractivity contribution in [3.8, 4) is 5.75 Å². The van der Waals surface area contributed by atoms with Crippen LogP contribution in [0.25, 0.3) is 0 Å². The molecule has 0 bridgehead atoms. The van der Waals surface area contributed by atoms with Crippen molar-refractivity contribution in [1.82, 2.24) is 4.37 Å². The van der Waals surface area contributed by atoms with E-state index >= 15 is 0 Å². The molecule has 78 valence electrons. The fourth-order valence-electron chi connectivity index (χ4n) is 1.06. The van der Waals surface area contributed by atoms with Crippen LogP contribution in [0.4, 0.5) is 5.69 Å². The summed E-state index contributed by atoms with van der Waals surface area (Å²) in [5.41, 5.74) is 6.38. The average molecular weight is 285 g/mol. The first-order chi connectivity index (χ1) is 7.25. The van der Waals surface area contributed by atoms with Crippen molar-refractivity contribution in [1.29, 1.82) is 0 Å². The van der Waals surface area contributed by atoms with E-state index in [1.54, 1.807) is 6.20 Å². The van der Waals surface area contributed by atoms with Gasteiger partial charge >= 0.3 is 0 Å². The molecule has 0 aliphatic heterocycles. The number of benzene rings is 1. The molecule has 0 saturated heterocycles. The summed E-state index contributed by atoms with van der Waals surface area (Å²) in [4.78, 5) is 0.956. The number of rotatable bonds is 3. The molecule has 1 aromatic heterocycles. The highest BCUT2D eigenvalue weighted by Crippen LogP contribution is 2.20. The maximum absolute atomic E-state index is 5.69. The SMILES string of the molecule is Nc1cnsc1COc1ccc(Br)cc1. The Labute approximate surface area is 100 Å². The molecule has 2 rings (SSSR count). The number of aromatic nitrogens is 1. The number of hydrogen-bond acceptors (Lipinski definition) is 4. The third-order valence-corrected chi connectivity index (χ3v) is 3.17. The van der Waals surface area contributed by atoms with Crippen molar-refractivity contribution in [3.63, 3.8) is 0 Å². The van der Waals surface area contributed by atoms with Crippen LogP contribution in [0.3, 0.4) is 0 Å². The molecule has 2 N–H and O–H groups in total. The van der Waals surface area contributed by atoms with Gasteiger partial charge in [-0.15, -0.1) is 0 Å². The lowest BCUT2D eigenvalue weighted by Crippen LogP contribution is -1.96. The van der Waals surface area contributed by atoms with Gasteiger partial charge in [0.2, 0.25) is 0 Å². The number of halogens is 1. The smallest absolute Gasteiger partial charge is 0.126 e. The average Bonchev–Trinajstić information content (AvgIpc) is 2.63. The first-order valence-corrected chi connectivity index (χ1v) is 5.90. The molecule has 0 unspecified atom stereocenters. The van der Waals surface area contributed by atoms with Gasteiger partial charge in [-0.25, -0.2) is 0 Å². The second-order valence-electron chi connectivity index (χ2n) is 2.95. The van der Waals surface area contributed by atoms with Crippen LogP contribution in [0.2, 0.25) is 0 Å². The zero-order valence-corrected chi connectivity index (χ0v) is 10.2. The zero-order valence-electron chi connectivity index (χ0n) is 7.81. The molecule has 1 aromatic carbocycles. The van der Waals surface area contributed by atoms with Crippen LogP contribution in [-0.2, 0) is 6.61 Å². The largest absolute Gasteiger partial charge is 0.488 e. The molecule has 0 spiro atoms. The van der Waals surface area contributed by atoms with Crippen LogP contribution in [0.15, 0.2) is 34.9 Å². The highest BCUT2D eigenvalue weighted by Gasteiger charge is 2.02. The molecule has 5 heteroatoms. The van der Waals surface area contributed by atoms with Gasteiger partial charge in [-0.3, -0.25) is 0 Å². The number of nitrogens with two attached hydrogens (primary N) is 1. The minimum absolute atomic E-state index is 0.470. The highest BCUT2D eigenvalue weighted by molar-refractivity contribution is 9.10. The van der Waals surface area contributed by atoms with Gasteiger partial charge in [0.15, 0.2) is 0 Å². The van der Waals surface area contributed by atoms with E-state index in [1.165, 1.54) is 11.5 Å². The molecule has 0 aliphatic rings. The third-order valence-electron chi connectivity index (χ3n) is 1.86. The van der Waals surface area contributed by atoms with E-state index < -0.39 is 0 Å². The maximum Gasteiger partial charge on any atom is 0.126 e. The van der Waals surface area contributed by atoms with E-state index in [1.807, 2.05) is 24.3 Å². The summed E-state index contributed by atoms with van der Waals surface area (Å²) in [6.45, 7) is 0.470. The lowest BCUT2D eigenvalue weighted by Gasteiger charge is -2.04. The fraction of sp³-hybridized carbons (Fsp3) is 0.100. The van der Waals surface area contributed by atoms with Crippen LogP contribution in [0.1, 0.15) is 4.88 Å². The molecule has 2 aromatic rings. The Kier molecular flexibility index (Phi) is 3.23. The Morgan fingerprint density at radius 3 is 2.67 bits per heavy atom. The molecule has 0 fully saturated rings. The topological polar surface area (TPSA) is 48.1 Å². The van der Waals surface area contributed by atoms with Gasteiger partial charge in [-0.1, -0.05) is 15.9 Å². The first kappa shape index (κ1) is 10.4. The van der Waals surface area contributed by atoms with Gasteiger partial charge in [-0.05, 0) is 35.8 Å². The summed E-state index contributed by atoms with van der Waals surface area (Å²) in [6, 6.07) is 7.68. The van der Waals surface area contributed by atoms with Crippen LogP contribution >= 0.6 is 27.5 Å². The van der Waals surface area contributed by atoms with Gasteiger partial charge in [0.25, 0.3) is 0 Å². The number of nitrogen functional groups attached to an aromatic ring is 1. The van der Waals surface area contributed by atoms with Crippen LogP contribution < -0.4 is 10.5 Å². The lowest BCUT2D eigenvalue weighted by molar-refractivity contribution is 0.310. The van der Waals surface area contributed by atoms with Gasteiger partial charge < -0.3 is 10.5 Å². The Morgan fingerprint density at radius 1 is 1.33 bits per heavy atom. The summed E-state index contributed by atoms with van der Waals surface area (Å²) < 4.78 is 10.6. The highest BCUT2D eigenvalue weighted by atomic mass is 79.9. The Balaban J connectivity index is 1.99. The van der Waals surface area contributed by atoms with E-state index in [4.69, 9.17) is 10.5 Å². The van der Waals surface area contributed by atoms with Crippen molar-refractivity contribution in [2.75, 3.05) is 5.73 Å². The summed E-state index contributed by atoms with van der Waals surface area (Å²) in [5, 5.41) is 0. The van der Waals surface area contributed by atoms with Crippen molar-refractivity contribution in [3.05, 3.63) is 39.8 Å². The number of hydrogen-bond donors (Lipinski definition) is 1. The van der Waals surface area contributed by atoms with Crippen LogP contribution in [0.5, 0.6) is 5.75 Å². The molecule has 0 amide bonds. The Morgan fingerprint density at radius 2 is 2.07 bits per heavy atom. The van der Waals surface area contributed by atoms with E-state index in [-0.39, 0.29) is 0 Å². The molecular formula is C10H9BrN2OS. The second kappa shape index (κ2) is 4.63. The number of anilines is 1. The van der Waals surface area contributed by atoms with E-state index in [0.717, 1.165) is 15.1 Å². The van der Waals surface area contributed by atoms with Crippen molar-refractivity contribution < 1.29 is 4.74 Å². The Hall–Kier alpha value is -1.07. The molecule has 0 aliphatic carbocycles. The zero-order chi connectivity index (χ0) is 10.7. The van der Waals surface area contributed by atoms with Crippen LogP contribution in [-0.4, -0.2) is 4.37 Å². The maximum atomic E-state index is 5.69. The molecule has 15 heavy (non-hydrogen) atoms.